The van der Waals surface area contributed by atoms with E-state index in [1.165, 1.54) is 19.3 Å². The standard InChI is InChI=1S/C10H16.C2H6/c1-3-8-6-9-4-7(2)5-10(8)9;1-2/h3,7-10H,1,4-6H2,2H3;1-2H3. The van der Waals surface area contributed by atoms with Gasteiger partial charge < -0.3 is 0 Å². The zero-order chi connectivity index (χ0) is 9.14. The van der Waals surface area contributed by atoms with Crippen LogP contribution < -0.4 is 0 Å². The molecule has 0 aromatic carbocycles. The summed E-state index contributed by atoms with van der Waals surface area (Å²) >= 11 is 0. The van der Waals surface area contributed by atoms with Gasteiger partial charge in [0, 0.05) is 0 Å². The van der Waals surface area contributed by atoms with E-state index in [0.717, 1.165) is 23.7 Å². The van der Waals surface area contributed by atoms with Gasteiger partial charge in [-0.15, -0.1) is 6.58 Å². The van der Waals surface area contributed by atoms with Gasteiger partial charge in [-0.3, -0.25) is 0 Å². The highest BCUT2D eigenvalue weighted by Crippen LogP contribution is 2.53. The predicted molar refractivity (Wildman–Crippen MR) is 55.0 cm³/mol. The van der Waals surface area contributed by atoms with E-state index in [9.17, 15) is 0 Å². The van der Waals surface area contributed by atoms with Crippen molar-refractivity contribution in [2.75, 3.05) is 0 Å². The number of allylic oxidation sites excluding steroid dienone is 1. The van der Waals surface area contributed by atoms with Gasteiger partial charge in [-0.1, -0.05) is 26.8 Å². The largest absolute Gasteiger partial charge is 0.103 e. The Labute approximate surface area is 77.1 Å². The van der Waals surface area contributed by atoms with Crippen LogP contribution in [0.1, 0.15) is 40.0 Å². The number of hydrogen-bond donors (Lipinski definition) is 0. The van der Waals surface area contributed by atoms with Crippen molar-refractivity contribution in [3.63, 3.8) is 0 Å². The summed E-state index contributed by atoms with van der Waals surface area (Å²) < 4.78 is 0. The van der Waals surface area contributed by atoms with Crippen LogP contribution in [0.3, 0.4) is 0 Å². The summed E-state index contributed by atoms with van der Waals surface area (Å²) in [6.07, 6.45) is 6.58. The Hall–Kier alpha value is -0.260. The van der Waals surface area contributed by atoms with Crippen LogP contribution in [0.2, 0.25) is 0 Å². The molecule has 0 bridgehead atoms. The average Bonchev–Trinajstić information content (AvgIpc) is 2.36. The lowest BCUT2D eigenvalue weighted by molar-refractivity contribution is 0.145. The molecule has 0 heterocycles. The van der Waals surface area contributed by atoms with E-state index in [4.69, 9.17) is 0 Å². The first-order valence-corrected chi connectivity index (χ1v) is 5.44. The van der Waals surface area contributed by atoms with Gasteiger partial charge in [0.15, 0.2) is 0 Å². The third-order valence-corrected chi connectivity index (χ3v) is 3.41. The van der Waals surface area contributed by atoms with Crippen molar-refractivity contribution in [2.24, 2.45) is 23.7 Å². The fraction of sp³-hybridized carbons (Fsp3) is 0.833. The SMILES string of the molecule is C=CC1CC2CC(C)CC12.CC. The molecule has 0 aromatic rings. The van der Waals surface area contributed by atoms with Crippen molar-refractivity contribution in [1.82, 2.24) is 0 Å². The molecule has 2 saturated carbocycles. The number of rotatable bonds is 1. The number of hydrogen-bond acceptors (Lipinski definition) is 0. The van der Waals surface area contributed by atoms with Crippen LogP contribution in [0.4, 0.5) is 0 Å². The van der Waals surface area contributed by atoms with Gasteiger partial charge in [0.2, 0.25) is 0 Å². The third kappa shape index (κ3) is 1.57. The molecular weight excluding hydrogens is 144 g/mol. The van der Waals surface area contributed by atoms with E-state index >= 15 is 0 Å². The van der Waals surface area contributed by atoms with Crippen molar-refractivity contribution < 1.29 is 0 Å². The van der Waals surface area contributed by atoms with Gasteiger partial charge in [-0.25, -0.2) is 0 Å². The average molecular weight is 166 g/mol. The molecule has 0 spiro atoms. The summed E-state index contributed by atoms with van der Waals surface area (Å²) in [4.78, 5) is 0. The fourth-order valence-electron chi connectivity index (χ4n) is 2.84. The lowest BCUT2D eigenvalue weighted by Crippen LogP contribution is -2.30. The van der Waals surface area contributed by atoms with Crippen LogP contribution in [-0.4, -0.2) is 0 Å². The summed E-state index contributed by atoms with van der Waals surface area (Å²) in [5, 5.41) is 0. The van der Waals surface area contributed by atoms with Crippen LogP contribution in [0.25, 0.3) is 0 Å². The van der Waals surface area contributed by atoms with Gasteiger partial charge in [0.1, 0.15) is 0 Å². The van der Waals surface area contributed by atoms with E-state index in [0.29, 0.717) is 0 Å². The zero-order valence-corrected chi connectivity index (χ0v) is 8.72. The van der Waals surface area contributed by atoms with E-state index in [1.54, 1.807) is 0 Å². The smallest absolute Gasteiger partial charge is 0.0202 e. The molecule has 0 aliphatic heterocycles. The molecule has 4 unspecified atom stereocenters. The second-order valence-corrected chi connectivity index (χ2v) is 4.14. The van der Waals surface area contributed by atoms with E-state index < -0.39 is 0 Å². The Balaban J connectivity index is 0.000000336. The topological polar surface area (TPSA) is 0 Å². The first-order valence-electron chi connectivity index (χ1n) is 5.44. The van der Waals surface area contributed by atoms with Crippen molar-refractivity contribution in [2.45, 2.75) is 40.0 Å². The van der Waals surface area contributed by atoms with E-state index in [-0.39, 0.29) is 0 Å². The summed E-state index contributed by atoms with van der Waals surface area (Å²) in [5.74, 6) is 4.00. The fourth-order valence-corrected chi connectivity index (χ4v) is 2.84. The van der Waals surface area contributed by atoms with E-state index in [2.05, 4.69) is 19.6 Å². The maximum atomic E-state index is 3.87. The molecule has 12 heavy (non-hydrogen) atoms. The molecular formula is C12H22. The second kappa shape index (κ2) is 4.11. The molecule has 4 atom stereocenters. The van der Waals surface area contributed by atoms with Crippen LogP contribution in [0, 0.1) is 23.7 Å². The minimum Gasteiger partial charge on any atom is -0.103 e. The molecule has 2 fully saturated rings. The minimum absolute atomic E-state index is 0.884. The molecule has 0 nitrogen and oxygen atoms in total. The molecule has 70 valence electrons. The monoisotopic (exact) mass is 166 g/mol. The van der Waals surface area contributed by atoms with Crippen molar-refractivity contribution in [1.29, 1.82) is 0 Å². The maximum Gasteiger partial charge on any atom is -0.0202 e. The molecule has 2 aliphatic rings. The molecule has 0 aromatic heterocycles. The Kier molecular flexibility index (Phi) is 3.37. The molecule has 0 radical (unpaired) electrons. The first kappa shape index (κ1) is 9.83. The first-order chi connectivity index (χ1) is 5.81. The highest BCUT2D eigenvalue weighted by Gasteiger charge is 2.44. The van der Waals surface area contributed by atoms with Gasteiger partial charge >= 0.3 is 0 Å². The Morgan fingerprint density at radius 1 is 1.17 bits per heavy atom. The Morgan fingerprint density at radius 3 is 2.33 bits per heavy atom. The Bertz CT molecular complexity index is 148. The highest BCUT2D eigenvalue weighted by atomic mass is 14.5. The predicted octanol–water partition coefficient (Wildman–Crippen LogP) is 3.88. The highest BCUT2D eigenvalue weighted by molar-refractivity contribution is 5.02. The number of fused-ring (bicyclic) bond motifs is 1. The summed E-state index contributed by atoms with van der Waals surface area (Å²) in [5.41, 5.74) is 0. The van der Waals surface area contributed by atoms with Crippen molar-refractivity contribution >= 4 is 0 Å². The van der Waals surface area contributed by atoms with Gasteiger partial charge in [-0.2, -0.15) is 0 Å². The van der Waals surface area contributed by atoms with Crippen molar-refractivity contribution in [3.8, 4) is 0 Å². The van der Waals surface area contributed by atoms with Gasteiger partial charge in [0.05, 0.1) is 0 Å². The maximum absolute atomic E-state index is 3.87. The van der Waals surface area contributed by atoms with Crippen molar-refractivity contribution in [3.05, 3.63) is 12.7 Å². The molecule has 0 amide bonds. The van der Waals surface area contributed by atoms with Crippen LogP contribution in [0.5, 0.6) is 0 Å². The molecule has 0 heteroatoms. The van der Waals surface area contributed by atoms with E-state index in [1.807, 2.05) is 13.8 Å². The van der Waals surface area contributed by atoms with Gasteiger partial charge in [0.25, 0.3) is 0 Å². The summed E-state index contributed by atoms with van der Waals surface area (Å²) in [6, 6.07) is 0. The lowest BCUT2D eigenvalue weighted by Gasteiger charge is -2.38. The lowest BCUT2D eigenvalue weighted by atomic mass is 9.67. The Morgan fingerprint density at radius 2 is 1.83 bits per heavy atom. The van der Waals surface area contributed by atoms with Crippen LogP contribution in [0.15, 0.2) is 12.7 Å². The molecule has 2 aliphatic carbocycles. The summed E-state index contributed by atoms with van der Waals surface area (Å²) in [7, 11) is 0. The molecule has 0 N–H and O–H groups in total. The third-order valence-electron chi connectivity index (χ3n) is 3.41. The molecule has 2 rings (SSSR count). The normalized spacial score (nSPS) is 43.6. The zero-order valence-electron chi connectivity index (χ0n) is 8.72. The summed E-state index contributed by atoms with van der Waals surface area (Å²) in [6.45, 7) is 10.3. The second-order valence-electron chi connectivity index (χ2n) is 4.14. The minimum atomic E-state index is 0.884. The quantitative estimate of drug-likeness (QED) is 0.519. The van der Waals surface area contributed by atoms with Crippen LogP contribution in [-0.2, 0) is 0 Å². The van der Waals surface area contributed by atoms with Crippen LogP contribution >= 0.6 is 0 Å². The molecule has 0 saturated heterocycles. The van der Waals surface area contributed by atoms with Gasteiger partial charge in [-0.05, 0) is 42.9 Å².